The van der Waals surface area contributed by atoms with Crippen molar-refractivity contribution in [3.05, 3.63) is 0 Å². The Morgan fingerprint density at radius 1 is 1.00 bits per heavy atom. The molecule has 0 aromatic heterocycles. The summed E-state index contributed by atoms with van der Waals surface area (Å²) in [6.07, 6.45) is 15.5. The summed E-state index contributed by atoms with van der Waals surface area (Å²) in [5.74, 6) is 3.50. The van der Waals surface area contributed by atoms with Crippen LogP contribution in [-0.2, 0) is 14.3 Å². The zero-order valence-corrected chi connectivity index (χ0v) is 21.1. The summed E-state index contributed by atoms with van der Waals surface area (Å²) in [6.45, 7) is 9.74. The summed E-state index contributed by atoms with van der Waals surface area (Å²) >= 11 is 0. The van der Waals surface area contributed by atoms with Crippen LogP contribution in [0.25, 0.3) is 0 Å². The van der Waals surface area contributed by atoms with E-state index in [9.17, 15) is 4.79 Å². The van der Waals surface area contributed by atoms with Crippen LogP contribution in [-0.4, -0.2) is 32.2 Å². The first-order chi connectivity index (χ1) is 14.8. The van der Waals surface area contributed by atoms with Gasteiger partial charge in [0.05, 0.1) is 11.7 Å². The molecule has 4 aliphatic carbocycles. The molecule has 0 N–H and O–H groups in total. The van der Waals surface area contributed by atoms with Crippen molar-refractivity contribution < 1.29 is 14.3 Å². The van der Waals surface area contributed by atoms with Gasteiger partial charge in [0.2, 0.25) is 0 Å². The highest BCUT2D eigenvalue weighted by atomic mass is 16.5. The molecule has 4 fully saturated rings. The minimum absolute atomic E-state index is 0.0229. The lowest BCUT2D eigenvalue weighted by Gasteiger charge is -2.53. The molecular weight excluding hydrogens is 384 g/mol. The van der Waals surface area contributed by atoms with Crippen molar-refractivity contribution in [2.24, 2.45) is 46.3 Å². The molecule has 0 amide bonds. The molecule has 4 saturated carbocycles. The van der Waals surface area contributed by atoms with Crippen LogP contribution in [0.3, 0.4) is 0 Å². The van der Waals surface area contributed by atoms with E-state index in [0.29, 0.717) is 23.2 Å². The highest BCUT2D eigenvalue weighted by molar-refractivity contribution is 5.59. The van der Waals surface area contributed by atoms with E-state index in [2.05, 4.69) is 27.7 Å². The fourth-order valence-corrected chi connectivity index (χ4v) is 9.49. The van der Waals surface area contributed by atoms with E-state index in [0.717, 1.165) is 31.1 Å². The van der Waals surface area contributed by atoms with Crippen LogP contribution < -0.4 is 0 Å². The average molecular weight is 433 g/mol. The minimum atomic E-state index is -0.344. The second-order valence-corrected chi connectivity index (χ2v) is 12.6. The lowest BCUT2D eigenvalue weighted by atomic mass is 9.54. The van der Waals surface area contributed by atoms with E-state index in [1.54, 1.807) is 0 Å². The number of unbranched alkanes of at least 4 members (excludes halogenated alkanes) is 1. The second-order valence-electron chi connectivity index (χ2n) is 12.6. The molecule has 4 aliphatic rings. The van der Waals surface area contributed by atoms with Gasteiger partial charge < -0.3 is 14.3 Å². The molecule has 0 aliphatic heterocycles. The summed E-state index contributed by atoms with van der Waals surface area (Å²) in [4.78, 5) is 12.7. The smallest absolute Gasteiger partial charge is 0.126 e. The van der Waals surface area contributed by atoms with Gasteiger partial charge in [-0.1, -0.05) is 47.0 Å². The number of carbonyl (C=O) groups is 1. The monoisotopic (exact) mass is 432 g/mol. The highest BCUT2D eigenvalue weighted by Gasteiger charge is 2.72. The highest BCUT2D eigenvalue weighted by Crippen LogP contribution is 2.73. The van der Waals surface area contributed by atoms with Gasteiger partial charge in [0, 0.05) is 32.0 Å². The maximum Gasteiger partial charge on any atom is 0.126 e. The molecule has 0 radical (unpaired) electrons. The number of ether oxygens (including phenoxy) is 2. The summed E-state index contributed by atoms with van der Waals surface area (Å²) in [5, 5.41) is 0. The lowest BCUT2D eigenvalue weighted by molar-refractivity contribution is -0.177. The Hall–Kier alpha value is -0.410. The maximum absolute atomic E-state index is 12.7. The van der Waals surface area contributed by atoms with Gasteiger partial charge in [-0.25, -0.2) is 0 Å². The zero-order valence-electron chi connectivity index (χ0n) is 21.1. The van der Waals surface area contributed by atoms with Gasteiger partial charge in [-0.15, -0.1) is 0 Å². The zero-order chi connectivity index (χ0) is 22.4. The number of aldehydes is 1. The molecule has 0 heterocycles. The Balaban J connectivity index is 1.59. The Kier molecular flexibility index (Phi) is 6.70. The molecule has 0 bridgehead atoms. The van der Waals surface area contributed by atoms with Gasteiger partial charge in [0.1, 0.15) is 6.29 Å². The van der Waals surface area contributed by atoms with Gasteiger partial charge in [-0.2, -0.15) is 0 Å². The predicted octanol–water partition coefficient (Wildman–Crippen LogP) is 6.68. The number of methoxy groups -OCH3 is 2. The van der Waals surface area contributed by atoms with Crippen molar-refractivity contribution in [3.63, 3.8) is 0 Å². The average Bonchev–Trinajstić information content (AvgIpc) is 3.19. The number of rotatable bonds is 8. The first kappa shape index (κ1) is 23.7. The van der Waals surface area contributed by atoms with Crippen molar-refractivity contribution in [3.8, 4) is 0 Å². The molecule has 3 nitrogen and oxygen atoms in total. The van der Waals surface area contributed by atoms with Crippen molar-refractivity contribution in [1.29, 1.82) is 0 Å². The number of hydrogen-bond donors (Lipinski definition) is 0. The first-order valence-electron chi connectivity index (χ1n) is 13.3. The number of hydrogen-bond acceptors (Lipinski definition) is 3. The molecule has 4 unspecified atom stereocenters. The van der Waals surface area contributed by atoms with Crippen LogP contribution in [0.2, 0.25) is 0 Å². The predicted molar refractivity (Wildman–Crippen MR) is 126 cm³/mol. The standard InChI is InChI=1S/C28H48O3/c1-19(2)9-7-8-10-20-11-12-22-25-23(14-15-26(20,22)3)27(4)16-13-21(30-5)17-28(27,31-6)24(25)18-29/h18-25H,7-17H2,1-6H3/t20-,21?,22?,23?,24+,25?,26+,27+,28+/m0/s1. The minimum Gasteiger partial charge on any atom is -0.381 e. The Bertz CT molecular complexity index is 646. The second kappa shape index (κ2) is 8.75. The third-order valence-electron chi connectivity index (χ3n) is 11.2. The first-order valence-corrected chi connectivity index (χ1v) is 13.3. The molecule has 31 heavy (non-hydrogen) atoms. The van der Waals surface area contributed by atoms with E-state index in [-0.39, 0.29) is 23.0 Å². The maximum atomic E-state index is 12.7. The van der Waals surface area contributed by atoms with Crippen LogP contribution in [0.15, 0.2) is 0 Å². The summed E-state index contributed by atoms with van der Waals surface area (Å²) in [6, 6.07) is 0. The molecule has 0 aromatic rings. The fraction of sp³-hybridized carbons (Fsp3) is 0.964. The molecule has 0 spiro atoms. The van der Waals surface area contributed by atoms with E-state index < -0.39 is 0 Å². The summed E-state index contributed by atoms with van der Waals surface area (Å²) in [7, 11) is 3.70. The lowest BCUT2D eigenvalue weighted by Crippen LogP contribution is -2.56. The van der Waals surface area contributed by atoms with E-state index in [4.69, 9.17) is 9.47 Å². The molecule has 3 heteroatoms. The summed E-state index contributed by atoms with van der Waals surface area (Å²) in [5.41, 5.74) is 0.174. The van der Waals surface area contributed by atoms with Crippen molar-refractivity contribution >= 4 is 6.29 Å². The van der Waals surface area contributed by atoms with Crippen molar-refractivity contribution in [2.45, 2.75) is 110 Å². The SMILES string of the molecule is COC1CC[C@]2(C)C3CC[C@@]4(C)C(CC[C@@H]4CCCCC(C)C)C3[C@@H](C=O)[C@]2(OC)C1. The number of carbonyl (C=O) groups excluding carboxylic acids is 1. The largest absolute Gasteiger partial charge is 0.381 e. The summed E-state index contributed by atoms with van der Waals surface area (Å²) < 4.78 is 12.2. The van der Waals surface area contributed by atoms with Gasteiger partial charge in [-0.3, -0.25) is 0 Å². The van der Waals surface area contributed by atoms with Gasteiger partial charge in [-0.05, 0) is 80.0 Å². The molecule has 4 rings (SSSR count). The van der Waals surface area contributed by atoms with Crippen LogP contribution in [0, 0.1) is 46.3 Å². The van der Waals surface area contributed by atoms with E-state index in [1.165, 1.54) is 57.7 Å². The molecule has 9 atom stereocenters. The number of fused-ring (bicyclic) bond motifs is 5. The Morgan fingerprint density at radius 2 is 1.77 bits per heavy atom. The van der Waals surface area contributed by atoms with Gasteiger partial charge in [0.15, 0.2) is 0 Å². The Morgan fingerprint density at radius 3 is 2.42 bits per heavy atom. The molecule has 0 saturated heterocycles. The normalized spacial score (nSPS) is 49.0. The molecular formula is C28H48O3. The Labute approximate surface area is 191 Å². The molecule has 0 aromatic carbocycles. The third kappa shape index (κ3) is 3.47. The van der Waals surface area contributed by atoms with Crippen LogP contribution >= 0.6 is 0 Å². The van der Waals surface area contributed by atoms with Gasteiger partial charge >= 0.3 is 0 Å². The van der Waals surface area contributed by atoms with Crippen LogP contribution in [0.5, 0.6) is 0 Å². The van der Waals surface area contributed by atoms with Crippen molar-refractivity contribution in [2.75, 3.05) is 14.2 Å². The van der Waals surface area contributed by atoms with Crippen LogP contribution in [0.4, 0.5) is 0 Å². The van der Waals surface area contributed by atoms with Crippen LogP contribution in [0.1, 0.15) is 98.3 Å². The van der Waals surface area contributed by atoms with Crippen molar-refractivity contribution in [1.82, 2.24) is 0 Å². The topological polar surface area (TPSA) is 35.5 Å². The quantitative estimate of drug-likeness (QED) is 0.317. The van der Waals surface area contributed by atoms with E-state index in [1.807, 2.05) is 14.2 Å². The van der Waals surface area contributed by atoms with E-state index >= 15 is 0 Å². The fourth-order valence-electron chi connectivity index (χ4n) is 9.49. The van der Waals surface area contributed by atoms with Gasteiger partial charge in [0.25, 0.3) is 0 Å². The molecule has 178 valence electrons. The third-order valence-corrected chi connectivity index (χ3v) is 11.2.